The van der Waals surface area contributed by atoms with Gasteiger partial charge in [-0.25, -0.2) is 9.97 Å². The monoisotopic (exact) mass is 426 g/mol. The molecule has 2 aromatic heterocycles. The van der Waals surface area contributed by atoms with E-state index in [9.17, 15) is 4.79 Å². The average molecular weight is 427 g/mol. The number of aromatic nitrogens is 3. The van der Waals surface area contributed by atoms with Crippen molar-refractivity contribution in [3.05, 3.63) is 59.2 Å². The summed E-state index contributed by atoms with van der Waals surface area (Å²) in [5, 5.41) is 0. The second-order valence-corrected chi connectivity index (χ2v) is 10.2. The van der Waals surface area contributed by atoms with Gasteiger partial charge in [0.1, 0.15) is 5.52 Å². The molecule has 2 bridgehead atoms. The van der Waals surface area contributed by atoms with Crippen molar-refractivity contribution >= 4 is 28.0 Å². The highest BCUT2D eigenvalue weighted by molar-refractivity contribution is 5.97. The highest BCUT2D eigenvalue weighted by Crippen LogP contribution is 2.50. The largest absolute Gasteiger partial charge is 0.440 e. The number of likely N-dealkylation sites (tertiary alicyclic amines) is 1. The van der Waals surface area contributed by atoms with E-state index in [0.717, 1.165) is 53.0 Å². The maximum Gasteiger partial charge on any atom is 0.254 e. The molecule has 0 unspecified atom stereocenters. The number of carbonyl (C=O) groups excluding carboxylic acids is 1. The first-order valence-electron chi connectivity index (χ1n) is 11.7. The molecule has 3 aliphatic rings. The maximum absolute atomic E-state index is 13.6. The topological polar surface area (TPSA) is 75.0 Å². The Morgan fingerprint density at radius 1 is 1.22 bits per heavy atom. The number of hydrogen-bond donors (Lipinski definition) is 1. The molecule has 2 aliphatic carbocycles. The zero-order valence-electron chi connectivity index (χ0n) is 18.4. The fraction of sp³-hybridized carbons (Fsp3) is 0.423. The van der Waals surface area contributed by atoms with Crippen LogP contribution < -0.4 is 0 Å². The number of rotatable bonds is 2. The van der Waals surface area contributed by atoms with Crippen LogP contribution in [0.2, 0.25) is 0 Å². The number of amides is 1. The van der Waals surface area contributed by atoms with Crippen LogP contribution in [0, 0.1) is 5.92 Å². The smallest absolute Gasteiger partial charge is 0.254 e. The zero-order chi connectivity index (χ0) is 21.6. The molecule has 1 saturated carbocycles. The summed E-state index contributed by atoms with van der Waals surface area (Å²) in [6, 6.07) is 10.4. The van der Waals surface area contributed by atoms with Gasteiger partial charge < -0.3 is 14.3 Å². The number of nitrogens with zero attached hydrogens (tertiary/aromatic N) is 3. The molecule has 6 heteroatoms. The molecule has 32 heavy (non-hydrogen) atoms. The summed E-state index contributed by atoms with van der Waals surface area (Å²) in [6.07, 6.45) is 5.86. The summed E-state index contributed by atoms with van der Waals surface area (Å²) in [6.45, 7) is 5.45. The molecule has 1 amide bonds. The maximum atomic E-state index is 13.6. The third kappa shape index (κ3) is 2.49. The van der Waals surface area contributed by atoms with Gasteiger partial charge >= 0.3 is 0 Å². The van der Waals surface area contributed by atoms with Crippen LogP contribution in [0.4, 0.5) is 0 Å². The summed E-state index contributed by atoms with van der Waals surface area (Å²) < 4.78 is 6.14. The Balaban J connectivity index is 1.28. The minimum Gasteiger partial charge on any atom is -0.440 e. The lowest BCUT2D eigenvalue weighted by atomic mass is 9.59. The Morgan fingerprint density at radius 2 is 2.09 bits per heavy atom. The molecule has 3 atom stereocenters. The van der Waals surface area contributed by atoms with Crippen LogP contribution in [0.5, 0.6) is 0 Å². The molecule has 4 aromatic rings. The van der Waals surface area contributed by atoms with Gasteiger partial charge in [-0.1, -0.05) is 13.8 Å². The molecule has 162 valence electrons. The van der Waals surface area contributed by atoms with Crippen molar-refractivity contribution < 1.29 is 9.21 Å². The number of H-pyrrole nitrogens is 1. The summed E-state index contributed by atoms with van der Waals surface area (Å²) in [5.74, 6) is 1.89. The molecule has 7 rings (SSSR count). The minimum atomic E-state index is 0.0308. The number of nitrogens with one attached hydrogen (secondary N) is 1. The van der Waals surface area contributed by atoms with E-state index < -0.39 is 0 Å². The third-order valence-electron chi connectivity index (χ3n) is 8.38. The zero-order valence-corrected chi connectivity index (χ0v) is 18.4. The van der Waals surface area contributed by atoms with Crippen molar-refractivity contribution in [2.75, 3.05) is 6.54 Å². The first-order valence-corrected chi connectivity index (χ1v) is 11.7. The number of imidazole rings is 1. The Bertz CT molecular complexity index is 1400. The summed E-state index contributed by atoms with van der Waals surface area (Å²) in [4.78, 5) is 27.9. The normalized spacial score (nSPS) is 27.1. The van der Waals surface area contributed by atoms with Gasteiger partial charge in [0.25, 0.3) is 5.91 Å². The average Bonchev–Trinajstić information content (AvgIpc) is 3.38. The molecule has 2 aromatic carbocycles. The van der Waals surface area contributed by atoms with E-state index in [2.05, 4.69) is 40.8 Å². The lowest BCUT2D eigenvalue weighted by molar-refractivity contribution is 0.0251. The van der Waals surface area contributed by atoms with E-state index >= 15 is 0 Å². The van der Waals surface area contributed by atoms with E-state index in [4.69, 9.17) is 9.40 Å². The van der Waals surface area contributed by atoms with Gasteiger partial charge in [-0.05, 0) is 78.5 Å². The lowest BCUT2D eigenvalue weighted by Gasteiger charge is -2.54. The second kappa shape index (κ2) is 6.21. The molecule has 2 fully saturated rings. The van der Waals surface area contributed by atoms with Gasteiger partial charge in [-0.2, -0.15) is 0 Å². The quantitative estimate of drug-likeness (QED) is 0.492. The lowest BCUT2D eigenvalue weighted by Crippen LogP contribution is -2.59. The molecule has 0 spiro atoms. The van der Waals surface area contributed by atoms with E-state index in [1.807, 2.05) is 18.2 Å². The van der Waals surface area contributed by atoms with Gasteiger partial charge in [-0.3, -0.25) is 4.79 Å². The van der Waals surface area contributed by atoms with Crippen LogP contribution in [0.25, 0.3) is 22.1 Å². The summed E-state index contributed by atoms with van der Waals surface area (Å²) in [5.41, 5.74) is 7.13. The van der Waals surface area contributed by atoms with Gasteiger partial charge in [0.05, 0.1) is 17.4 Å². The fourth-order valence-corrected chi connectivity index (χ4v) is 6.06. The highest BCUT2D eigenvalue weighted by atomic mass is 16.3. The number of aromatic amines is 1. The number of piperidine rings is 1. The van der Waals surface area contributed by atoms with Crippen LogP contribution in [0.1, 0.15) is 66.4 Å². The Labute approximate surface area is 186 Å². The van der Waals surface area contributed by atoms with Crippen molar-refractivity contribution in [2.45, 2.75) is 56.9 Å². The molecule has 1 saturated heterocycles. The molecular formula is C26H26N4O2. The SMILES string of the molecule is C[C@@H]1[C@H]2Cc3cc4nc(C5CC5)oc4cc3[C@]1(C)CCN2C(=O)c1ccc2nc[nH]c2c1. The molecule has 1 aliphatic heterocycles. The molecule has 6 nitrogen and oxygen atoms in total. The second-order valence-electron chi connectivity index (χ2n) is 10.2. The number of benzene rings is 2. The van der Waals surface area contributed by atoms with Gasteiger partial charge in [0.15, 0.2) is 11.5 Å². The summed E-state index contributed by atoms with van der Waals surface area (Å²) in [7, 11) is 0. The molecular weight excluding hydrogens is 400 g/mol. The first-order chi connectivity index (χ1) is 15.5. The Hall–Kier alpha value is -3.15. The summed E-state index contributed by atoms with van der Waals surface area (Å²) >= 11 is 0. The van der Waals surface area contributed by atoms with Crippen LogP contribution in [0.15, 0.2) is 41.1 Å². The van der Waals surface area contributed by atoms with Gasteiger partial charge in [-0.15, -0.1) is 0 Å². The molecule has 0 radical (unpaired) electrons. The van der Waals surface area contributed by atoms with Crippen molar-refractivity contribution in [3.8, 4) is 0 Å². The Morgan fingerprint density at radius 3 is 2.94 bits per heavy atom. The van der Waals surface area contributed by atoms with Crippen molar-refractivity contribution in [1.29, 1.82) is 0 Å². The van der Waals surface area contributed by atoms with Gasteiger partial charge in [0.2, 0.25) is 0 Å². The van der Waals surface area contributed by atoms with Crippen LogP contribution >= 0.6 is 0 Å². The molecule has 3 heterocycles. The molecule has 1 N–H and O–H groups in total. The van der Waals surface area contributed by atoms with E-state index in [1.54, 1.807) is 6.33 Å². The van der Waals surface area contributed by atoms with Crippen LogP contribution in [-0.2, 0) is 11.8 Å². The number of fused-ring (bicyclic) bond motifs is 6. The van der Waals surface area contributed by atoms with E-state index in [-0.39, 0.29) is 17.4 Å². The number of carbonyl (C=O) groups is 1. The first kappa shape index (κ1) is 18.4. The van der Waals surface area contributed by atoms with Crippen LogP contribution in [-0.4, -0.2) is 38.3 Å². The third-order valence-corrected chi connectivity index (χ3v) is 8.38. The van der Waals surface area contributed by atoms with Crippen LogP contribution in [0.3, 0.4) is 0 Å². The number of oxazole rings is 1. The minimum absolute atomic E-state index is 0.0308. The Kier molecular flexibility index (Phi) is 3.58. The standard InChI is InChI=1S/C26H26N4O2/c1-14-22-11-17-10-21-23(32-24(29-21)15-3-4-15)12-18(17)26(14,2)7-8-30(22)25(31)16-5-6-19-20(9-16)28-13-27-19/h5-6,9-10,12-15,22H,3-4,7-8,11H2,1-2H3,(H,27,28)/t14-,22-,26-/m1/s1. The predicted octanol–water partition coefficient (Wildman–Crippen LogP) is 4.95. The van der Waals surface area contributed by atoms with Crippen molar-refractivity contribution in [1.82, 2.24) is 19.9 Å². The van der Waals surface area contributed by atoms with Gasteiger partial charge in [0, 0.05) is 24.1 Å². The van der Waals surface area contributed by atoms with Crippen molar-refractivity contribution in [3.63, 3.8) is 0 Å². The van der Waals surface area contributed by atoms with Crippen molar-refractivity contribution in [2.24, 2.45) is 5.92 Å². The number of hydrogen-bond acceptors (Lipinski definition) is 4. The predicted molar refractivity (Wildman–Crippen MR) is 122 cm³/mol. The van der Waals surface area contributed by atoms with E-state index in [0.29, 0.717) is 11.8 Å². The fourth-order valence-electron chi connectivity index (χ4n) is 6.06. The van der Waals surface area contributed by atoms with E-state index in [1.165, 1.54) is 24.0 Å². The highest BCUT2D eigenvalue weighted by Gasteiger charge is 2.50.